The first-order valence-corrected chi connectivity index (χ1v) is 6.64. The van der Waals surface area contributed by atoms with E-state index in [4.69, 9.17) is 11.6 Å². The third kappa shape index (κ3) is 2.28. The van der Waals surface area contributed by atoms with E-state index in [1.54, 1.807) is 24.3 Å². The molecule has 0 saturated carbocycles. The minimum absolute atomic E-state index is 0.121. The Kier molecular flexibility index (Phi) is 3.20. The van der Waals surface area contributed by atoms with Crippen molar-refractivity contribution in [2.45, 2.75) is 0 Å². The average Bonchev–Trinajstić information content (AvgIpc) is 2.79. The molecule has 1 amide bonds. The highest BCUT2D eigenvalue weighted by atomic mass is 35.5. The van der Waals surface area contributed by atoms with Crippen LogP contribution in [0.5, 0.6) is 0 Å². The van der Waals surface area contributed by atoms with Gasteiger partial charge in [0.05, 0.1) is 5.56 Å². The number of aryl methyl sites for hydroxylation is 1. The molecule has 4 heteroatoms. The van der Waals surface area contributed by atoms with Gasteiger partial charge in [-0.1, -0.05) is 29.8 Å². The Balaban J connectivity index is 1.95. The number of carbonyl (C=O) groups excluding carboxylic acids is 1. The van der Waals surface area contributed by atoms with Crippen LogP contribution in [0.2, 0.25) is 5.02 Å². The van der Waals surface area contributed by atoms with Gasteiger partial charge in [-0.25, -0.2) is 0 Å². The summed E-state index contributed by atoms with van der Waals surface area (Å²) in [6, 6.07) is 14.9. The number of anilines is 1. The summed E-state index contributed by atoms with van der Waals surface area (Å²) in [7, 11) is 1.93. The van der Waals surface area contributed by atoms with Crippen molar-refractivity contribution >= 4 is 34.1 Å². The van der Waals surface area contributed by atoms with Gasteiger partial charge in [-0.2, -0.15) is 0 Å². The van der Waals surface area contributed by atoms with E-state index in [-0.39, 0.29) is 5.91 Å². The molecule has 0 aliphatic heterocycles. The highest BCUT2D eigenvalue weighted by molar-refractivity contribution is 6.30. The van der Waals surface area contributed by atoms with Crippen LogP contribution in [0.15, 0.2) is 54.7 Å². The lowest BCUT2D eigenvalue weighted by molar-refractivity contribution is 0.102. The summed E-state index contributed by atoms with van der Waals surface area (Å²) in [5.74, 6) is -0.121. The molecule has 0 aliphatic carbocycles. The van der Waals surface area contributed by atoms with Gasteiger partial charge in [-0.05, 0) is 30.3 Å². The van der Waals surface area contributed by atoms with Crippen molar-refractivity contribution < 1.29 is 4.79 Å². The maximum absolute atomic E-state index is 12.4. The summed E-state index contributed by atoms with van der Waals surface area (Å²) >= 11 is 5.83. The molecule has 0 aliphatic rings. The predicted octanol–water partition coefficient (Wildman–Crippen LogP) is 4.08. The van der Waals surface area contributed by atoms with Crippen LogP contribution in [-0.2, 0) is 7.05 Å². The fourth-order valence-corrected chi connectivity index (χ4v) is 2.38. The molecule has 3 rings (SSSR count). The van der Waals surface area contributed by atoms with Crippen molar-refractivity contribution in [3.05, 3.63) is 65.3 Å². The standard InChI is InChI=1S/C16H13ClN2O/c1-19-10-14(13-4-2-3-5-15(13)19)16(20)18-12-8-6-11(17)7-9-12/h2-10H,1H3,(H,18,20). The lowest BCUT2D eigenvalue weighted by atomic mass is 10.1. The van der Waals surface area contributed by atoms with Gasteiger partial charge >= 0.3 is 0 Å². The molecule has 0 fully saturated rings. The normalized spacial score (nSPS) is 10.7. The monoisotopic (exact) mass is 284 g/mol. The summed E-state index contributed by atoms with van der Waals surface area (Å²) in [6.45, 7) is 0. The van der Waals surface area contributed by atoms with Crippen LogP contribution in [0, 0.1) is 0 Å². The Hall–Kier alpha value is -2.26. The number of carbonyl (C=O) groups is 1. The highest BCUT2D eigenvalue weighted by Gasteiger charge is 2.13. The average molecular weight is 285 g/mol. The molecule has 1 heterocycles. The van der Waals surface area contributed by atoms with Crippen molar-refractivity contribution in [2.24, 2.45) is 7.05 Å². The number of rotatable bonds is 2. The fourth-order valence-electron chi connectivity index (χ4n) is 2.25. The second kappa shape index (κ2) is 5.02. The van der Waals surface area contributed by atoms with Crippen LogP contribution in [-0.4, -0.2) is 10.5 Å². The first-order chi connectivity index (χ1) is 9.65. The molecule has 0 radical (unpaired) electrons. The Morgan fingerprint density at radius 3 is 2.55 bits per heavy atom. The van der Waals surface area contributed by atoms with E-state index >= 15 is 0 Å². The van der Waals surface area contributed by atoms with E-state index in [2.05, 4.69) is 5.32 Å². The molecule has 0 saturated heterocycles. The summed E-state index contributed by atoms with van der Waals surface area (Å²) in [6.07, 6.45) is 1.84. The van der Waals surface area contributed by atoms with Crippen LogP contribution >= 0.6 is 11.6 Å². The fraction of sp³-hybridized carbons (Fsp3) is 0.0625. The number of fused-ring (bicyclic) bond motifs is 1. The van der Waals surface area contributed by atoms with Crippen molar-refractivity contribution in [3.63, 3.8) is 0 Å². The SMILES string of the molecule is Cn1cc(C(=O)Nc2ccc(Cl)cc2)c2ccccc21. The third-order valence-corrected chi connectivity index (χ3v) is 3.50. The molecule has 1 aromatic heterocycles. The first kappa shape index (κ1) is 12.8. The number of nitrogens with zero attached hydrogens (tertiary/aromatic N) is 1. The van der Waals surface area contributed by atoms with Gasteiger partial charge in [0, 0.05) is 34.9 Å². The van der Waals surface area contributed by atoms with Crippen LogP contribution in [0.4, 0.5) is 5.69 Å². The minimum Gasteiger partial charge on any atom is -0.350 e. The van der Waals surface area contributed by atoms with Gasteiger partial charge in [0.25, 0.3) is 5.91 Å². The molecular formula is C16H13ClN2O. The molecule has 2 aromatic carbocycles. The third-order valence-electron chi connectivity index (χ3n) is 3.24. The highest BCUT2D eigenvalue weighted by Crippen LogP contribution is 2.22. The van der Waals surface area contributed by atoms with Gasteiger partial charge in [-0.15, -0.1) is 0 Å². The number of aromatic nitrogens is 1. The Morgan fingerprint density at radius 1 is 1.10 bits per heavy atom. The molecule has 3 nitrogen and oxygen atoms in total. The van der Waals surface area contributed by atoms with E-state index in [0.29, 0.717) is 10.6 Å². The zero-order valence-electron chi connectivity index (χ0n) is 10.9. The summed E-state index contributed by atoms with van der Waals surface area (Å²) in [5.41, 5.74) is 2.43. The van der Waals surface area contributed by atoms with E-state index in [0.717, 1.165) is 16.6 Å². The topological polar surface area (TPSA) is 34.0 Å². The number of para-hydroxylation sites is 1. The van der Waals surface area contributed by atoms with Crippen molar-refractivity contribution in [1.29, 1.82) is 0 Å². The van der Waals surface area contributed by atoms with Gasteiger partial charge in [0.2, 0.25) is 0 Å². The summed E-state index contributed by atoms with van der Waals surface area (Å²) < 4.78 is 1.95. The van der Waals surface area contributed by atoms with Crippen LogP contribution in [0.1, 0.15) is 10.4 Å². The number of hydrogen-bond acceptors (Lipinski definition) is 1. The molecule has 0 bridgehead atoms. The largest absolute Gasteiger partial charge is 0.350 e. The van der Waals surface area contributed by atoms with E-state index in [9.17, 15) is 4.79 Å². The lowest BCUT2D eigenvalue weighted by Crippen LogP contribution is -2.11. The number of nitrogens with one attached hydrogen (secondary N) is 1. The molecule has 0 atom stereocenters. The zero-order chi connectivity index (χ0) is 14.1. The van der Waals surface area contributed by atoms with Crippen molar-refractivity contribution in [2.75, 3.05) is 5.32 Å². The Bertz CT molecular complexity index is 775. The van der Waals surface area contributed by atoms with Gasteiger partial charge in [0.1, 0.15) is 0 Å². The summed E-state index contributed by atoms with van der Waals surface area (Å²) in [4.78, 5) is 12.4. The van der Waals surface area contributed by atoms with Crippen molar-refractivity contribution in [3.8, 4) is 0 Å². The maximum atomic E-state index is 12.4. The van der Waals surface area contributed by atoms with Gasteiger partial charge in [-0.3, -0.25) is 4.79 Å². The number of halogens is 1. The van der Waals surface area contributed by atoms with Gasteiger partial charge < -0.3 is 9.88 Å². The minimum atomic E-state index is -0.121. The predicted molar refractivity (Wildman–Crippen MR) is 82.3 cm³/mol. The van der Waals surface area contributed by atoms with Gasteiger partial charge in [0.15, 0.2) is 0 Å². The van der Waals surface area contributed by atoms with Crippen LogP contribution < -0.4 is 5.32 Å². The van der Waals surface area contributed by atoms with Crippen LogP contribution in [0.3, 0.4) is 0 Å². The Labute approximate surface area is 121 Å². The quantitative estimate of drug-likeness (QED) is 0.756. The van der Waals surface area contributed by atoms with E-state index < -0.39 is 0 Å². The maximum Gasteiger partial charge on any atom is 0.257 e. The van der Waals surface area contributed by atoms with E-state index in [1.807, 2.05) is 42.1 Å². The molecule has 3 aromatic rings. The second-order valence-corrected chi connectivity index (χ2v) is 5.07. The number of amides is 1. The molecule has 0 spiro atoms. The van der Waals surface area contributed by atoms with E-state index in [1.165, 1.54) is 0 Å². The molecule has 1 N–H and O–H groups in total. The molecule has 0 unspecified atom stereocenters. The summed E-state index contributed by atoms with van der Waals surface area (Å²) in [5, 5.41) is 4.47. The van der Waals surface area contributed by atoms with Crippen LogP contribution in [0.25, 0.3) is 10.9 Å². The number of benzene rings is 2. The molecule has 100 valence electrons. The smallest absolute Gasteiger partial charge is 0.257 e. The number of hydrogen-bond donors (Lipinski definition) is 1. The second-order valence-electron chi connectivity index (χ2n) is 4.63. The first-order valence-electron chi connectivity index (χ1n) is 6.26. The molecule has 20 heavy (non-hydrogen) atoms. The zero-order valence-corrected chi connectivity index (χ0v) is 11.7. The van der Waals surface area contributed by atoms with Crippen molar-refractivity contribution in [1.82, 2.24) is 4.57 Å². The Morgan fingerprint density at radius 2 is 1.80 bits per heavy atom. The molecular weight excluding hydrogens is 272 g/mol. The lowest BCUT2D eigenvalue weighted by Gasteiger charge is -2.04.